The lowest BCUT2D eigenvalue weighted by molar-refractivity contribution is 1.30. The largest absolute Gasteiger partial charge is 0.399 e. The lowest BCUT2D eigenvalue weighted by Crippen LogP contribution is -1.98. The van der Waals surface area contributed by atoms with Gasteiger partial charge in [0.1, 0.15) is 7.85 Å². The van der Waals surface area contributed by atoms with Gasteiger partial charge in [-0.25, -0.2) is 4.98 Å². The van der Waals surface area contributed by atoms with Crippen molar-refractivity contribution in [3.05, 3.63) is 48.7 Å². The molecule has 0 unspecified atom stereocenters. The SMILES string of the molecule is [B]c1ccc2c(c1)sc1nc(-c3ccc(N)cc3)cn12. The Morgan fingerprint density at radius 3 is 2.70 bits per heavy atom. The topological polar surface area (TPSA) is 43.3 Å². The van der Waals surface area contributed by atoms with Gasteiger partial charge in [0.05, 0.1) is 15.9 Å². The second-order valence-electron chi connectivity index (χ2n) is 4.73. The molecule has 4 rings (SSSR count). The molecule has 94 valence electrons. The van der Waals surface area contributed by atoms with Crippen LogP contribution in [0.1, 0.15) is 0 Å². The summed E-state index contributed by atoms with van der Waals surface area (Å²) in [5.41, 5.74) is 10.4. The minimum absolute atomic E-state index is 0.760. The van der Waals surface area contributed by atoms with Crippen LogP contribution in [0.5, 0.6) is 0 Å². The molecule has 2 N–H and O–H groups in total. The summed E-state index contributed by atoms with van der Waals surface area (Å²) in [6.45, 7) is 0. The maximum atomic E-state index is 5.81. The zero-order chi connectivity index (χ0) is 13.7. The third-order valence-corrected chi connectivity index (χ3v) is 4.34. The number of rotatable bonds is 1. The molecule has 2 aromatic carbocycles. The first-order valence-corrected chi connectivity index (χ1v) is 7.05. The molecule has 0 saturated carbocycles. The normalized spacial score (nSPS) is 11.4. The van der Waals surface area contributed by atoms with Crippen LogP contribution in [-0.4, -0.2) is 17.2 Å². The second-order valence-corrected chi connectivity index (χ2v) is 5.74. The molecule has 0 aliphatic carbocycles. The summed E-state index contributed by atoms with van der Waals surface area (Å²) in [4.78, 5) is 5.65. The van der Waals surface area contributed by atoms with Gasteiger partial charge in [0, 0.05) is 17.4 Å². The van der Waals surface area contributed by atoms with E-state index >= 15 is 0 Å². The smallest absolute Gasteiger partial charge is 0.195 e. The molecule has 2 heterocycles. The molecule has 0 aliphatic rings. The van der Waals surface area contributed by atoms with Gasteiger partial charge in [-0.1, -0.05) is 35.0 Å². The monoisotopic (exact) mass is 275 g/mol. The van der Waals surface area contributed by atoms with E-state index in [1.807, 2.05) is 42.5 Å². The van der Waals surface area contributed by atoms with Gasteiger partial charge in [-0.3, -0.25) is 4.40 Å². The molecule has 3 nitrogen and oxygen atoms in total. The van der Waals surface area contributed by atoms with E-state index in [4.69, 9.17) is 13.6 Å². The zero-order valence-corrected chi connectivity index (χ0v) is 11.4. The van der Waals surface area contributed by atoms with E-state index in [9.17, 15) is 0 Å². The quantitative estimate of drug-likeness (QED) is 0.428. The van der Waals surface area contributed by atoms with Crippen LogP contribution in [0.2, 0.25) is 0 Å². The summed E-state index contributed by atoms with van der Waals surface area (Å²) in [6, 6.07) is 13.7. The molecular weight excluding hydrogens is 265 g/mol. The van der Waals surface area contributed by atoms with E-state index in [1.54, 1.807) is 11.3 Å². The van der Waals surface area contributed by atoms with Crippen molar-refractivity contribution < 1.29 is 0 Å². The molecule has 20 heavy (non-hydrogen) atoms. The van der Waals surface area contributed by atoms with Crippen molar-refractivity contribution in [2.45, 2.75) is 0 Å². The molecule has 4 aromatic rings. The van der Waals surface area contributed by atoms with E-state index in [1.165, 1.54) is 0 Å². The average molecular weight is 275 g/mol. The molecular formula is C15H10BN3S. The molecule has 2 radical (unpaired) electrons. The number of hydrogen-bond donors (Lipinski definition) is 1. The number of fused-ring (bicyclic) bond motifs is 3. The summed E-state index contributed by atoms with van der Waals surface area (Å²) in [6.07, 6.45) is 2.05. The van der Waals surface area contributed by atoms with Crippen LogP contribution < -0.4 is 11.2 Å². The number of benzene rings is 2. The highest BCUT2D eigenvalue weighted by molar-refractivity contribution is 7.23. The lowest BCUT2D eigenvalue weighted by Gasteiger charge is -1.97. The fourth-order valence-corrected chi connectivity index (χ4v) is 3.37. The van der Waals surface area contributed by atoms with Crippen molar-refractivity contribution >= 4 is 45.5 Å². The second kappa shape index (κ2) is 4.11. The first kappa shape index (κ1) is 11.6. The number of hydrogen-bond acceptors (Lipinski definition) is 3. The van der Waals surface area contributed by atoms with Crippen molar-refractivity contribution in [2.75, 3.05) is 5.73 Å². The summed E-state index contributed by atoms with van der Waals surface area (Å²) in [5, 5.41) is 0. The molecule has 0 fully saturated rings. The van der Waals surface area contributed by atoms with Crippen LogP contribution in [-0.2, 0) is 0 Å². The highest BCUT2D eigenvalue weighted by Crippen LogP contribution is 2.28. The fourth-order valence-electron chi connectivity index (χ4n) is 2.31. The predicted molar refractivity (Wildman–Crippen MR) is 85.8 cm³/mol. The highest BCUT2D eigenvalue weighted by Gasteiger charge is 2.09. The average Bonchev–Trinajstić information content (AvgIpc) is 2.96. The molecule has 0 atom stereocenters. The van der Waals surface area contributed by atoms with Crippen LogP contribution in [0.25, 0.3) is 26.4 Å². The van der Waals surface area contributed by atoms with E-state index in [2.05, 4.69) is 15.6 Å². The maximum Gasteiger partial charge on any atom is 0.195 e. The Balaban J connectivity index is 1.93. The van der Waals surface area contributed by atoms with Crippen molar-refractivity contribution in [1.29, 1.82) is 0 Å². The van der Waals surface area contributed by atoms with Crippen LogP contribution in [0, 0.1) is 0 Å². The van der Waals surface area contributed by atoms with Gasteiger partial charge in [-0.2, -0.15) is 0 Å². The summed E-state index contributed by atoms with van der Waals surface area (Å²) < 4.78 is 3.25. The van der Waals surface area contributed by atoms with Crippen LogP contribution in [0.4, 0.5) is 5.69 Å². The third kappa shape index (κ3) is 1.71. The number of aromatic nitrogens is 2. The molecule has 2 aromatic heterocycles. The Labute approximate surface area is 121 Å². The van der Waals surface area contributed by atoms with Gasteiger partial charge in [-0.05, 0) is 24.3 Å². The van der Waals surface area contributed by atoms with Crippen molar-refractivity contribution in [2.24, 2.45) is 0 Å². The Kier molecular flexibility index (Phi) is 2.38. The lowest BCUT2D eigenvalue weighted by atomic mass is 9.97. The van der Waals surface area contributed by atoms with Gasteiger partial charge >= 0.3 is 0 Å². The number of anilines is 1. The molecule has 5 heteroatoms. The Morgan fingerprint density at radius 2 is 1.90 bits per heavy atom. The van der Waals surface area contributed by atoms with Gasteiger partial charge in [0.15, 0.2) is 4.96 Å². The van der Waals surface area contributed by atoms with Crippen molar-refractivity contribution in [3.8, 4) is 11.3 Å². The van der Waals surface area contributed by atoms with E-state index in [0.29, 0.717) is 0 Å². The van der Waals surface area contributed by atoms with Gasteiger partial charge in [0.2, 0.25) is 0 Å². The van der Waals surface area contributed by atoms with Gasteiger partial charge in [-0.15, -0.1) is 0 Å². The van der Waals surface area contributed by atoms with E-state index in [-0.39, 0.29) is 0 Å². The molecule has 0 saturated heterocycles. The van der Waals surface area contributed by atoms with Gasteiger partial charge in [0.25, 0.3) is 0 Å². The van der Waals surface area contributed by atoms with Crippen LogP contribution >= 0.6 is 11.3 Å². The first-order chi connectivity index (χ1) is 9.70. The molecule has 0 amide bonds. The minimum Gasteiger partial charge on any atom is -0.399 e. The van der Waals surface area contributed by atoms with E-state index in [0.717, 1.165) is 37.6 Å². The number of nitrogen functional groups attached to an aromatic ring is 1. The number of thiazole rings is 1. The Bertz CT molecular complexity index is 922. The minimum atomic E-state index is 0.760. The number of nitrogens with two attached hydrogens (primary N) is 1. The molecule has 0 aliphatic heterocycles. The number of nitrogens with zero attached hydrogens (tertiary/aromatic N) is 2. The maximum absolute atomic E-state index is 5.81. The Hall–Kier alpha value is -2.27. The van der Waals surface area contributed by atoms with Gasteiger partial charge < -0.3 is 5.73 Å². The fraction of sp³-hybridized carbons (Fsp3) is 0. The standard InChI is InChI=1S/C15H10BN3S/c16-10-3-6-13-14(7-10)20-15-18-12(8-19(13)15)9-1-4-11(17)5-2-9/h1-8H,17H2. The van der Waals surface area contributed by atoms with Crippen LogP contribution in [0.15, 0.2) is 48.7 Å². The van der Waals surface area contributed by atoms with E-state index < -0.39 is 0 Å². The highest BCUT2D eigenvalue weighted by atomic mass is 32.1. The molecule has 0 bridgehead atoms. The third-order valence-electron chi connectivity index (χ3n) is 3.32. The van der Waals surface area contributed by atoms with Crippen molar-refractivity contribution in [3.63, 3.8) is 0 Å². The molecule has 0 spiro atoms. The number of imidazole rings is 1. The van der Waals surface area contributed by atoms with Crippen molar-refractivity contribution in [1.82, 2.24) is 9.38 Å². The summed E-state index contributed by atoms with van der Waals surface area (Å²) in [5.74, 6) is 0. The summed E-state index contributed by atoms with van der Waals surface area (Å²) >= 11 is 1.64. The Morgan fingerprint density at radius 1 is 1.10 bits per heavy atom. The predicted octanol–water partition coefficient (Wildman–Crippen LogP) is 2.59. The first-order valence-electron chi connectivity index (χ1n) is 6.24. The summed E-state index contributed by atoms with van der Waals surface area (Å²) in [7, 11) is 5.81. The zero-order valence-electron chi connectivity index (χ0n) is 10.6. The van der Waals surface area contributed by atoms with Crippen LogP contribution in [0.3, 0.4) is 0 Å².